The Morgan fingerprint density at radius 3 is 2.70 bits per heavy atom. The molecule has 2 aromatic carbocycles. The van der Waals surface area contributed by atoms with Gasteiger partial charge in [0.2, 0.25) is 0 Å². The summed E-state index contributed by atoms with van der Waals surface area (Å²) in [6.45, 7) is 1.98. The standard InChI is InChI=1S/C21H16N2O2S2/c1-12-3-5-14-6-7-15(11-17(14)22-12)16-9-13(4-8-18(16)25-2)10-19-20(24)23-21(26)27-19/h3-11H,1-2H3,(H,23,24,26)/b19-10-. The molecule has 1 N–H and O–H groups in total. The topological polar surface area (TPSA) is 51.2 Å². The van der Waals surface area contributed by atoms with Crippen LogP contribution in [0.4, 0.5) is 0 Å². The van der Waals surface area contributed by atoms with Gasteiger partial charge in [-0.05, 0) is 48.4 Å². The lowest BCUT2D eigenvalue weighted by Crippen LogP contribution is -2.17. The first-order valence-electron chi connectivity index (χ1n) is 8.34. The molecule has 134 valence electrons. The fraction of sp³-hybridized carbons (Fsp3) is 0.0952. The number of ether oxygens (including phenoxy) is 1. The molecular formula is C21H16N2O2S2. The van der Waals surface area contributed by atoms with Crippen LogP contribution in [0, 0.1) is 6.92 Å². The summed E-state index contributed by atoms with van der Waals surface area (Å²) in [5.41, 5.74) is 4.78. The predicted molar refractivity (Wildman–Crippen MR) is 115 cm³/mol. The molecule has 0 atom stereocenters. The van der Waals surface area contributed by atoms with Gasteiger partial charge in [-0.1, -0.05) is 48.2 Å². The van der Waals surface area contributed by atoms with E-state index < -0.39 is 0 Å². The number of thioether (sulfide) groups is 1. The molecule has 1 saturated heterocycles. The Morgan fingerprint density at radius 1 is 1.15 bits per heavy atom. The van der Waals surface area contributed by atoms with Gasteiger partial charge in [0.25, 0.3) is 5.91 Å². The summed E-state index contributed by atoms with van der Waals surface area (Å²) < 4.78 is 6.03. The van der Waals surface area contributed by atoms with Crippen molar-refractivity contribution < 1.29 is 9.53 Å². The Kier molecular flexibility index (Phi) is 4.68. The number of aryl methyl sites for hydroxylation is 1. The molecule has 0 radical (unpaired) electrons. The third kappa shape index (κ3) is 3.59. The highest BCUT2D eigenvalue weighted by Gasteiger charge is 2.22. The molecule has 0 saturated carbocycles. The number of nitrogens with zero attached hydrogens (tertiary/aromatic N) is 1. The lowest BCUT2D eigenvalue weighted by atomic mass is 10.00. The molecule has 1 fully saturated rings. The van der Waals surface area contributed by atoms with E-state index in [9.17, 15) is 4.79 Å². The molecular weight excluding hydrogens is 376 g/mol. The van der Waals surface area contributed by atoms with Crippen molar-refractivity contribution in [2.24, 2.45) is 0 Å². The molecule has 0 spiro atoms. The largest absolute Gasteiger partial charge is 0.496 e. The van der Waals surface area contributed by atoms with E-state index >= 15 is 0 Å². The van der Waals surface area contributed by atoms with Crippen LogP contribution in [-0.2, 0) is 4.79 Å². The second-order valence-electron chi connectivity index (χ2n) is 6.17. The van der Waals surface area contributed by atoms with Crippen molar-refractivity contribution in [3.05, 3.63) is 64.7 Å². The molecule has 4 rings (SSSR count). The number of rotatable bonds is 3. The molecule has 0 aliphatic carbocycles. The van der Waals surface area contributed by atoms with Crippen molar-refractivity contribution in [2.75, 3.05) is 7.11 Å². The molecule has 4 nitrogen and oxygen atoms in total. The van der Waals surface area contributed by atoms with Crippen LogP contribution in [0.25, 0.3) is 28.1 Å². The number of carbonyl (C=O) groups is 1. The zero-order chi connectivity index (χ0) is 19.0. The number of hydrogen-bond acceptors (Lipinski definition) is 5. The number of methoxy groups -OCH3 is 1. The molecule has 0 bridgehead atoms. The van der Waals surface area contributed by atoms with Crippen LogP contribution in [0.15, 0.2) is 53.4 Å². The van der Waals surface area contributed by atoms with Gasteiger partial charge in [0.1, 0.15) is 10.1 Å². The average Bonchev–Trinajstić information content (AvgIpc) is 2.98. The summed E-state index contributed by atoms with van der Waals surface area (Å²) in [5, 5.41) is 3.73. The number of fused-ring (bicyclic) bond motifs is 1. The Hall–Kier alpha value is -2.70. The summed E-state index contributed by atoms with van der Waals surface area (Å²) in [5.74, 6) is 0.607. The first kappa shape index (κ1) is 17.7. The number of benzene rings is 2. The van der Waals surface area contributed by atoms with Crippen molar-refractivity contribution in [1.29, 1.82) is 0 Å². The van der Waals surface area contributed by atoms with Crippen LogP contribution in [0.5, 0.6) is 5.75 Å². The highest BCUT2D eigenvalue weighted by atomic mass is 32.2. The SMILES string of the molecule is COc1ccc(/C=C2\SC(=S)NC2=O)cc1-c1ccc2ccc(C)nc2c1. The Labute approximate surface area is 166 Å². The van der Waals surface area contributed by atoms with Gasteiger partial charge in [-0.3, -0.25) is 9.78 Å². The quantitative estimate of drug-likeness (QED) is 0.517. The Morgan fingerprint density at radius 2 is 1.96 bits per heavy atom. The van der Waals surface area contributed by atoms with E-state index in [1.807, 2.05) is 37.3 Å². The number of carbonyl (C=O) groups excluding carboxylic acids is 1. The summed E-state index contributed by atoms with van der Waals surface area (Å²) in [7, 11) is 1.65. The second kappa shape index (κ2) is 7.13. The molecule has 1 amide bonds. The van der Waals surface area contributed by atoms with Crippen LogP contribution in [0.2, 0.25) is 0 Å². The van der Waals surface area contributed by atoms with Crippen molar-refractivity contribution >= 4 is 51.2 Å². The van der Waals surface area contributed by atoms with E-state index in [4.69, 9.17) is 17.0 Å². The normalized spacial score (nSPS) is 15.4. The molecule has 0 unspecified atom stereocenters. The fourth-order valence-corrected chi connectivity index (χ4v) is 4.04. The molecule has 2 heterocycles. The van der Waals surface area contributed by atoms with E-state index in [-0.39, 0.29) is 5.91 Å². The maximum atomic E-state index is 11.9. The Bertz CT molecular complexity index is 1120. The van der Waals surface area contributed by atoms with Gasteiger partial charge in [0.05, 0.1) is 17.5 Å². The van der Waals surface area contributed by atoms with Crippen LogP contribution in [0.3, 0.4) is 0 Å². The average molecular weight is 393 g/mol. The number of pyridine rings is 1. The minimum Gasteiger partial charge on any atom is -0.496 e. The fourth-order valence-electron chi connectivity index (χ4n) is 3.00. The lowest BCUT2D eigenvalue weighted by Gasteiger charge is -2.11. The minimum absolute atomic E-state index is 0.159. The van der Waals surface area contributed by atoms with Crippen LogP contribution in [0.1, 0.15) is 11.3 Å². The molecule has 1 aliphatic heterocycles. The predicted octanol–water partition coefficient (Wildman–Crippen LogP) is 4.71. The van der Waals surface area contributed by atoms with Gasteiger partial charge in [-0.15, -0.1) is 0 Å². The van der Waals surface area contributed by atoms with Gasteiger partial charge in [0.15, 0.2) is 0 Å². The maximum Gasteiger partial charge on any atom is 0.263 e. The number of hydrogen-bond donors (Lipinski definition) is 1. The second-order valence-corrected chi connectivity index (χ2v) is 7.89. The monoisotopic (exact) mass is 392 g/mol. The first-order chi connectivity index (χ1) is 13.0. The van der Waals surface area contributed by atoms with Crippen molar-refractivity contribution in [2.45, 2.75) is 6.92 Å². The summed E-state index contributed by atoms with van der Waals surface area (Å²) >= 11 is 6.32. The highest BCUT2D eigenvalue weighted by Crippen LogP contribution is 2.34. The van der Waals surface area contributed by atoms with Gasteiger partial charge in [-0.2, -0.15) is 0 Å². The maximum absolute atomic E-state index is 11.9. The van der Waals surface area contributed by atoms with Crippen molar-refractivity contribution in [3.63, 3.8) is 0 Å². The zero-order valence-electron chi connectivity index (χ0n) is 14.8. The van der Waals surface area contributed by atoms with E-state index in [0.717, 1.165) is 39.0 Å². The van der Waals surface area contributed by atoms with Crippen LogP contribution < -0.4 is 10.1 Å². The van der Waals surface area contributed by atoms with Gasteiger partial charge >= 0.3 is 0 Å². The molecule has 1 aliphatic rings. The van der Waals surface area contributed by atoms with Crippen LogP contribution >= 0.6 is 24.0 Å². The molecule has 1 aromatic heterocycles. The lowest BCUT2D eigenvalue weighted by molar-refractivity contribution is -0.115. The van der Waals surface area contributed by atoms with Crippen molar-refractivity contribution in [1.82, 2.24) is 10.3 Å². The molecule has 27 heavy (non-hydrogen) atoms. The van der Waals surface area contributed by atoms with Gasteiger partial charge < -0.3 is 10.1 Å². The molecule has 6 heteroatoms. The van der Waals surface area contributed by atoms with E-state index in [2.05, 4.69) is 34.6 Å². The van der Waals surface area contributed by atoms with Gasteiger partial charge in [-0.25, -0.2) is 0 Å². The highest BCUT2D eigenvalue weighted by molar-refractivity contribution is 8.26. The summed E-state index contributed by atoms with van der Waals surface area (Å²) in [6.07, 6.45) is 1.84. The minimum atomic E-state index is -0.159. The third-order valence-corrected chi connectivity index (χ3v) is 5.47. The number of thiocarbonyl (C=S) groups is 1. The third-order valence-electron chi connectivity index (χ3n) is 4.31. The number of nitrogens with one attached hydrogen (secondary N) is 1. The van der Waals surface area contributed by atoms with Crippen LogP contribution in [-0.4, -0.2) is 22.3 Å². The number of aromatic nitrogens is 1. The van der Waals surface area contributed by atoms with Crippen molar-refractivity contribution in [3.8, 4) is 16.9 Å². The van der Waals surface area contributed by atoms with E-state index in [0.29, 0.717) is 9.23 Å². The number of amides is 1. The Balaban J connectivity index is 1.81. The smallest absolute Gasteiger partial charge is 0.263 e. The zero-order valence-corrected chi connectivity index (χ0v) is 16.4. The first-order valence-corrected chi connectivity index (χ1v) is 9.56. The molecule has 3 aromatic rings. The van der Waals surface area contributed by atoms with E-state index in [1.54, 1.807) is 7.11 Å². The van der Waals surface area contributed by atoms with Gasteiger partial charge in [0, 0.05) is 16.6 Å². The summed E-state index contributed by atoms with van der Waals surface area (Å²) in [6, 6.07) is 16.1. The summed E-state index contributed by atoms with van der Waals surface area (Å²) in [4.78, 5) is 17.1. The van der Waals surface area contributed by atoms with E-state index in [1.165, 1.54) is 11.8 Å².